The fourth-order valence-electron chi connectivity index (χ4n) is 3.45. The fraction of sp³-hybridized carbons (Fsp3) is 0.800. The molecule has 6 nitrogen and oxygen atoms in total. The van der Waals surface area contributed by atoms with Gasteiger partial charge in [-0.15, -0.1) is 0 Å². The van der Waals surface area contributed by atoms with Gasteiger partial charge in [0, 0.05) is 25.6 Å². The molecule has 0 spiro atoms. The summed E-state index contributed by atoms with van der Waals surface area (Å²) in [5.74, 6) is -1.37. The summed E-state index contributed by atoms with van der Waals surface area (Å²) in [5, 5.41) is 9.16. The summed E-state index contributed by atoms with van der Waals surface area (Å²) in [6.45, 7) is 4.85. The molecule has 0 bridgehead atoms. The zero-order valence-electron chi connectivity index (χ0n) is 12.7. The van der Waals surface area contributed by atoms with Crippen LogP contribution in [0, 0.1) is 5.92 Å². The lowest BCUT2D eigenvalue weighted by atomic mass is 10.0. The van der Waals surface area contributed by atoms with Gasteiger partial charge < -0.3 is 14.9 Å². The summed E-state index contributed by atoms with van der Waals surface area (Å²) in [6, 6.07) is -0.683. The van der Waals surface area contributed by atoms with E-state index < -0.39 is 11.9 Å². The Kier molecular flexibility index (Phi) is 4.85. The molecule has 0 saturated carbocycles. The van der Waals surface area contributed by atoms with Gasteiger partial charge in [-0.05, 0) is 32.6 Å². The summed E-state index contributed by atoms with van der Waals surface area (Å²) in [6.07, 6.45) is 3.28. The van der Waals surface area contributed by atoms with E-state index >= 15 is 0 Å². The molecule has 2 heterocycles. The molecule has 2 aliphatic rings. The molecule has 6 heteroatoms. The Labute approximate surface area is 125 Å². The number of carbonyl (C=O) groups excluding carboxylic acids is 2. The molecule has 118 valence electrons. The van der Waals surface area contributed by atoms with E-state index in [-0.39, 0.29) is 23.9 Å². The van der Waals surface area contributed by atoms with E-state index in [0.717, 1.165) is 12.8 Å². The largest absolute Gasteiger partial charge is 0.481 e. The minimum atomic E-state index is -0.844. The summed E-state index contributed by atoms with van der Waals surface area (Å²) in [7, 11) is 0. The Morgan fingerprint density at radius 2 is 1.86 bits per heavy atom. The second-order valence-electron chi connectivity index (χ2n) is 6.00. The van der Waals surface area contributed by atoms with Gasteiger partial charge in [0.2, 0.25) is 11.8 Å². The van der Waals surface area contributed by atoms with Crippen LogP contribution < -0.4 is 0 Å². The van der Waals surface area contributed by atoms with Gasteiger partial charge in [-0.2, -0.15) is 0 Å². The molecular formula is C15H24N2O4. The second kappa shape index (κ2) is 6.45. The number of carbonyl (C=O) groups is 3. The number of nitrogens with zero attached hydrogens (tertiary/aromatic N) is 2. The van der Waals surface area contributed by atoms with Crippen molar-refractivity contribution in [1.29, 1.82) is 0 Å². The maximum Gasteiger partial charge on any atom is 0.308 e. The average Bonchev–Trinajstić information content (AvgIpc) is 3.04. The van der Waals surface area contributed by atoms with Crippen LogP contribution in [0.2, 0.25) is 0 Å². The van der Waals surface area contributed by atoms with E-state index in [4.69, 9.17) is 5.11 Å². The summed E-state index contributed by atoms with van der Waals surface area (Å²) in [5.41, 5.74) is 0. The number of likely N-dealkylation sites (tertiary alicyclic amines) is 2. The van der Waals surface area contributed by atoms with Gasteiger partial charge >= 0.3 is 5.97 Å². The molecule has 3 unspecified atom stereocenters. The van der Waals surface area contributed by atoms with E-state index in [1.807, 2.05) is 6.92 Å². The van der Waals surface area contributed by atoms with Crippen LogP contribution in [-0.4, -0.2) is 57.9 Å². The van der Waals surface area contributed by atoms with E-state index in [0.29, 0.717) is 32.4 Å². The van der Waals surface area contributed by atoms with Crippen molar-refractivity contribution in [3.8, 4) is 0 Å². The highest BCUT2D eigenvalue weighted by atomic mass is 16.4. The molecule has 1 N–H and O–H groups in total. The standard InChI is InChI=1S/C15H24N2O4/c1-3-5-13(18)17-8-4-6-12(17)14(19)16-9-7-11(10(16)2)15(20)21/h10-12H,3-9H2,1-2H3,(H,20,21). The average molecular weight is 296 g/mol. The number of carboxylic acid groups (broad SMARTS) is 1. The molecule has 0 aromatic rings. The first-order chi connectivity index (χ1) is 9.97. The molecule has 2 amide bonds. The molecular weight excluding hydrogens is 272 g/mol. The number of carboxylic acids is 1. The van der Waals surface area contributed by atoms with Gasteiger partial charge in [-0.1, -0.05) is 6.92 Å². The number of amides is 2. The number of rotatable bonds is 4. The van der Waals surface area contributed by atoms with Gasteiger partial charge in [-0.3, -0.25) is 14.4 Å². The SMILES string of the molecule is CCCC(=O)N1CCCC1C(=O)N1CCC(C(=O)O)C1C. The number of aliphatic carboxylic acids is 1. The van der Waals surface area contributed by atoms with Crippen LogP contribution in [0.15, 0.2) is 0 Å². The van der Waals surface area contributed by atoms with Crippen molar-refractivity contribution in [2.45, 2.75) is 58.0 Å². The number of hydrogen-bond donors (Lipinski definition) is 1. The smallest absolute Gasteiger partial charge is 0.308 e. The maximum absolute atomic E-state index is 12.7. The summed E-state index contributed by atoms with van der Waals surface area (Å²) >= 11 is 0. The first-order valence-electron chi connectivity index (χ1n) is 7.80. The minimum Gasteiger partial charge on any atom is -0.481 e. The monoisotopic (exact) mass is 296 g/mol. The van der Waals surface area contributed by atoms with Crippen LogP contribution in [-0.2, 0) is 14.4 Å². The summed E-state index contributed by atoms with van der Waals surface area (Å²) in [4.78, 5) is 39.3. The van der Waals surface area contributed by atoms with Crippen molar-refractivity contribution in [3.05, 3.63) is 0 Å². The van der Waals surface area contributed by atoms with Crippen LogP contribution in [0.3, 0.4) is 0 Å². The molecule has 0 aliphatic carbocycles. The van der Waals surface area contributed by atoms with Crippen LogP contribution in [0.1, 0.15) is 46.0 Å². The molecule has 2 fully saturated rings. The predicted molar refractivity (Wildman–Crippen MR) is 76.6 cm³/mol. The molecule has 21 heavy (non-hydrogen) atoms. The van der Waals surface area contributed by atoms with Crippen LogP contribution in [0.4, 0.5) is 0 Å². The first-order valence-corrected chi connectivity index (χ1v) is 7.80. The van der Waals surface area contributed by atoms with Gasteiger partial charge in [0.15, 0.2) is 0 Å². The Hall–Kier alpha value is -1.59. The van der Waals surface area contributed by atoms with E-state index in [1.165, 1.54) is 0 Å². The molecule has 3 atom stereocenters. The predicted octanol–water partition coefficient (Wildman–Crippen LogP) is 1.10. The van der Waals surface area contributed by atoms with E-state index in [2.05, 4.69) is 0 Å². The van der Waals surface area contributed by atoms with Gasteiger partial charge in [-0.25, -0.2) is 0 Å². The molecule has 2 aliphatic heterocycles. The zero-order chi connectivity index (χ0) is 15.6. The molecule has 2 saturated heterocycles. The van der Waals surface area contributed by atoms with Crippen molar-refractivity contribution in [1.82, 2.24) is 9.80 Å². The molecule has 0 aromatic carbocycles. The van der Waals surface area contributed by atoms with Crippen LogP contribution in [0.25, 0.3) is 0 Å². The van der Waals surface area contributed by atoms with Gasteiger partial charge in [0.1, 0.15) is 6.04 Å². The highest BCUT2D eigenvalue weighted by molar-refractivity contribution is 5.89. The van der Waals surface area contributed by atoms with Crippen LogP contribution in [0.5, 0.6) is 0 Å². The molecule has 2 rings (SSSR count). The topological polar surface area (TPSA) is 77.9 Å². The third-order valence-electron chi connectivity index (χ3n) is 4.68. The van der Waals surface area contributed by atoms with Crippen molar-refractivity contribution in [2.24, 2.45) is 5.92 Å². The van der Waals surface area contributed by atoms with E-state index in [1.54, 1.807) is 16.7 Å². The Balaban J connectivity index is 2.06. The first kappa shape index (κ1) is 15.8. The van der Waals surface area contributed by atoms with Gasteiger partial charge in [0.05, 0.1) is 5.92 Å². The summed E-state index contributed by atoms with van der Waals surface area (Å²) < 4.78 is 0. The lowest BCUT2D eigenvalue weighted by molar-refractivity contribution is -0.146. The van der Waals surface area contributed by atoms with Crippen molar-refractivity contribution in [2.75, 3.05) is 13.1 Å². The Morgan fingerprint density at radius 3 is 2.43 bits per heavy atom. The second-order valence-corrected chi connectivity index (χ2v) is 6.00. The van der Waals surface area contributed by atoms with E-state index in [9.17, 15) is 14.4 Å². The Bertz CT molecular complexity index is 437. The normalized spacial score (nSPS) is 29.0. The van der Waals surface area contributed by atoms with Crippen molar-refractivity contribution < 1.29 is 19.5 Å². The van der Waals surface area contributed by atoms with Crippen molar-refractivity contribution in [3.63, 3.8) is 0 Å². The number of hydrogen-bond acceptors (Lipinski definition) is 3. The zero-order valence-corrected chi connectivity index (χ0v) is 12.7. The Morgan fingerprint density at radius 1 is 1.14 bits per heavy atom. The highest BCUT2D eigenvalue weighted by Gasteiger charge is 2.43. The maximum atomic E-state index is 12.7. The van der Waals surface area contributed by atoms with Crippen LogP contribution >= 0.6 is 0 Å². The highest BCUT2D eigenvalue weighted by Crippen LogP contribution is 2.28. The fourth-order valence-corrected chi connectivity index (χ4v) is 3.45. The van der Waals surface area contributed by atoms with Gasteiger partial charge in [0.25, 0.3) is 0 Å². The quantitative estimate of drug-likeness (QED) is 0.842. The third kappa shape index (κ3) is 3.04. The van der Waals surface area contributed by atoms with Crippen molar-refractivity contribution >= 4 is 17.8 Å². The lowest BCUT2D eigenvalue weighted by Gasteiger charge is -2.30. The third-order valence-corrected chi connectivity index (χ3v) is 4.68. The molecule has 0 radical (unpaired) electrons. The minimum absolute atomic E-state index is 0.0370. The lowest BCUT2D eigenvalue weighted by Crippen LogP contribution is -2.49. The molecule has 0 aromatic heterocycles.